The van der Waals surface area contributed by atoms with Crippen LogP contribution >= 0.6 is 0 Å². The fraction of sp³-hybridized carbons (Fsp3) is 0.182. The summed E-state index contributed by atoms with van der Waals surface area (Å²) in [5, 5.41) is 14.2. The number of aromatic carboxylic acids is 1. The van der Waals surface area contributed by atoms with Crippen LogP contribution in [0, 0.1) is 5.82 Å². The molecule has 4 aromatic rings. The number of fused-ring (bicyclic) bond motifs is 3. The third-order valence-electron chi connectivity index (χ3n) is 7.19. The summed E-state index contributed by atoms with van der Waals surface area (Å²) in [6.07, 6.45) is -1.63. The van der Waals surface area contributed by atoms with Gasteiger partial charge in [-0.05, 0) is 52.9 Å². The number of hydrogen-bond acceptors (Lipinski definition) is 5. The third kappa shape index (κ3) is 6.31. The minimum Gasteiger partial charge on any atom is -0.478 e. The highest BCUT2D eigenvalue weighted by atomic mass is 19.1. The Bertz CT molecular complexity index is 1560. The van der Waals surface area contributed by atoms with Crippen molar-refractivity contribution in [3.63, 3.8) is 0 Å². The molecule has 0 spiro atoms. The Morgan fingerprint density at radius 2 is 1.50 bits per heavy atom. The molecule has 42 heavy (non-hydrogen) atoms. The Balaban J connectivity index is 1.29. The van der Waals surface area contributed by atoms with E-state index in [9.17, 15) is 18.8 Å². The van der Waals surface area contributed by atoms with Crippen LogP contribution < -0.4 is 10.6 Å². The molecule has 5 rings (SSSR count). The van der Waals surface area contributed by atoms with Crippen LogP contribution in [0.1, 0.15) is 39.9 Å². The van der Waals surface area contributed by atoms with Crippen molar-refractivity contribution in [3.8, 4) is 11.1 Å². The van der Waals surface area contributed by atoms with E-state index >= 15 is 0 Å². The van der Waals surface area contributed by atoms with Crippen LogP contribution in [0.25, 0.3) is 11.1 Å². The molecule has 0 unspecified atom stereocenters. The number of rotatable bonds is 10. The summed E-state index contributed by atoms with van der Waals surface area (Å²) < 4.78 is 25.8. The molecule has 214 valence electrons. The first-order valence-electron chi connectivity index (χ1n) is 13.4. The standard InChI is InChI=1S/C33H29FN2O6/c1-20(41-18-21-9-3-2-4-10-21)30(31(37)35-22-15-16-27(32(38)39)29(34)17-22)36-33(40)42-19-28-25-13-7-5-11-23(25)24-12-6-8-14-26(24)28/h2-17,20,28,30H,18-19H2,1H3,(H,35,37)(H,36,40)(H,38,39)/t20-,30+/m0/s1. The van der Waals surface area contributed by atoms with Gasteiger partial charge in [0.1, 0.15) is 18.5 Å². The summed E-state index contributed by atoms with van der Waals surface area (Å²) >= 11 is 0. The zero-order valence-corrected chi connectivity index (χ0v) is 22.8. The van der Waals surface area contributed by atoms with Gasteiger partial charge in [-0.1, -0.05) is 78.9 Å². The zero-order valence-electron chi connectivity index (χ0n) is 22.8. The van der Waals surface area contributed by atoms with Crippen LogP contribution in [0.5, 0.6) is 0 Å². The van der Waals surface area contributed by atoms with Crippen LogP contribution in [-0.4, -0.2) is 41.8 Å². The van der Waals surface area contributed by atoms with E-state index in [1.54, 1.807) is 6.92 Å². The van der Waals surface area contributed by atoms with Crippen molar-refractivity contribution < 1.29 is 33.4 Å². The normalized spacial score (nSPS) is 13.4. The van der Waals surface area contributed by atoms with Crippen LogP contribution in [0.15, 0.2) is 97.1 Å². The summed E-state index contributed by atoms with van der Waals surface area (Å²) in [7, 11) is 0. The van der Waals surface area contributed by atoms with Crippen molar-refractivity contribution in [2.75, 3.05) is 11.9 Å². The van der Waals surface area contributed by atoms with Gasteiger partial charge >= 0.3 is 12.1 Å². The fourth-order valence-electron chi connectivity index (χ4n) is 5.05. The van der Waals surface area contributed by atoms with Crippen molar-refractivity contribution in [2.45, 2.75) is 31.6 Å². The van der Waals surface area contributed by atoms with Gasteiger partial charge < -0.3 is 25.2 Å². The monoisotopic (exact) mass is 568 g/mol. The predicted molar refractivity (Wildman–Crippen MR) is 155 cm³/mol. The van der Waals surface area contributed by atoms with Gasteiger partial charge in [0.15, 0.2) is 0 Å². The number of halogens is 1. The Morgan fingerprint density at radius 3 is 2.12 bits per heavy atom. The van der Waals surface area contributed by atoms with Gasteiger partial charge in [-0.3, -0.25) is 4.79 Å². The summed E-state index contributed by atoms with van der Waals surface area (Å²) in [5.74, 6) is -3.29. The molecule has 0 radical (unpaired) electrons. The van der Waals surface area contributed by atoms with Crippen LogP contribution in [0.2, 0.25) is 0 Å². The van der Waals surface area contributed by atoms with Crippen LogP contribution in [0.3, 0.4) is 0 Å². The summed E-state index contributed by atoms with van der Waals surface area (Å²) in [6, 6.07) is 27.2. The summed E-state index contributed by atoms with van der Waals surface area (Å²) in [6.45, 7) is 1.86. The molecule has 2 atom stereocenters. The van der Waals surface area contributed by atoms with Gasteiger partial charge in [-0.25, -0.2) is 14.0 Å². The lowest BCUT2D eigenvalue weighted by molar-refractivity contribution is -0.121. The minimum absolute atomic E-state index is 0.0251. The highest BCUT2D eigenvalue weighted by Gasteiger charge is 2.32. The van der Waals surface area contributed by atoms with Crippen molar-refractivity contribution >= 4 is 23.7 Å². The van der Waals surface area contributed by atoms with Crippen molar-refractivity contribution in [1.29, 1.82) is 0 Å². The van der Waals surface area contributed by atoms with Gasteiger partial charge in [0.05, 0.1) is 18.3 Å². The average Bonchev–Trinajstić information content (AvgIpc) is 3.31. The molecule has 9 heteroatoms. The molecule has 0 heterocycles. The van der Waals surface area contributed by atoms with Gasteiger partial charge in [0.2, 0.25) is 5.91 Å². The van der Waals surface area contributed by atoms with Crippen molar-refractivity contribution in [3.05, 3.63) is 125 Å². The number of alkyl carbamates (subject to hydrolysis) is 1. The molecule has 3 N–H and O–H groups in total. The first-order valence-corrected chi connectivity index (χ1v) is 13.4. The lowest BCUT2D eigenvalue weighted by Gasteiger charge is -2.25. The zero-order chi connectivity index (χ0) is 29.6. The lowest BCUT2D eigenvalue weighted by Crippen LogP contribution is -2.51. The maximum atomic E-state index is 14.2. The second kappa shape index (κ2) is 12.7. The number of ether oxygens (including phenoxy) is 2. The quantitative estimate of drug-likeness (QED) is 0.217. The SMILES string of the molecule is C[C@H](OCc1ccccc1)[C@@H](NC(=O)OCC1c2ccccc2-c2ccccc21)C(=O)Nc1ccc(C(=O)O)c(F)c1. The molecule has 2 amide bonds. The maximum absolute atomic E-state index is 14.2. The van der Waals surface area contributed by atoms with E-state index < -0.39 is 41.5 Å². The van der Waals surface area contributed by atoms with Crippen molar-refractivity contribution in [2.24, 2.45) is 0 Å². The van der Waals surface area contributed by atoms with E-state index in [2.05, 4.69) is 10.6 Å². The Hall–Kier alpha value is -5.02. The van der Waals surface area contributed by atoms with Gasteiger partial charge in [0, 0.05) is 11.6 Å². The number of anilines is 1. The third-order valence-corrected chi connectivity index (χ3v) is 7.19. The van der Waals surface area contributed by atoms with E-state index in [4.69, 9.17) is 14.6 Å². The fourth-order valence-corrected chi connectivity index (χ4v) is 5.05. The number of benzene rings is 4. The number of amides is 2. The molecular weight excluding hydrogens is 539 g/mol. The van der Waals surface area contributed by atoms with E-state index in [1.165, 1.54) is 6.07 Å². The van der Waals surface area contributed by atoms with E-state index in [0.29, 0.717) is 0 Å². The second-order valence-electron chi connectivity index (χ2n) is 9.94. The highest BCUT2D eigenvalue weighted by molar-refractivity contribution is 5.97. The largest absolute Gasteiger partial charge is 0.478 e. The Labute approximate surface area is 242 Å². The first kappa shape index (κ1) is 28.5. The molecule has 0 fully saturated rings. The van der Waals surface area contributed by atoms with Gasteiger partial charge in [-0.15, -0.1) is 0 Å². The van der Waals surface area contributed by atoms with Gasteiger partial charge in [-0.2, -0.15) is 0 Å². The maximum Gasteiger partial charge on any atom is 0.407 e. The molecule has 8 nitrogen and oxygen atoms in total. The average molecular weight is 569 g/mol. The first-order chi connectivity index (χ1) is 20.3. The second-order valence-corrected chi connectivity index (χ2v) is 9.94. The molecule has 0 aliphatic heterocycles. The van der Waals surface area contributed by atoms with E-state index in [0.717, 1.165) is 39.9 Å². The number of carboxylic acid groups (broad SMARTS) is 1. The number of hydrogen-bond donors (Lipinski definition) is 3. The number of carbonyl (C=O) groups excluding carboxylic acids is 2. The molecular formula is C33H29FN2O6. The molecule has 0 aromatic heterocycles. The lowest BCUT2D eigenvalue weighted by atomic mass is 9.98. The number of nitrogens with one attached hydrogen (secondary N) is 2. The van der Waals surface area contributed by atoms with Crippen molar-refractivity contribution in [1.82, 2.24) is 5.32 Å². The van der Waals surface area contributed by atoms with Gasteiger partial charge in [0.25, 0.3) is 0 Å². The molecule has 1 aliphatic rings. The van der Waals surface area contributed by atoms with E-state index in [-0.39, 0.29) is 24.8 Å². The summed E-state index contributed by atoms with van der Waals surface area (Å²) in [5.41, 5.74) is 4.64. The Kier molecular flexibility index (Phi) is 8.59. The van der Waals surface area contributed by atoms with E-state index in [1.807, 2.05) is 78.9 Å². The highest BCUT2D eigenvalue weighted by Crippen LogP contribution is 2.44. The minimum atomic E-state index is -1.43. The topological polar surface area (TPSA) is 114 Å². The Morgan fingerprint density at radius 1 is 0.881 bits per heavy atom. The molecule has 0 saturated carbocycles. The molecule has 0 saturated heterocycles. The van der Waals surface area contributed by atoms with Crippen LogP contribution in [0.4, 0.5) is 14.9 Å². The smallest absolute Gasteiger partial charge is 0.407 e. The molecule has 4 aromatic carbocycles. The number of carbonyl (C=O) groups is 3. The predicted octanol–water partition coefficient (Wildman–Crippen LogP) is 5.98. The number of carboxylic acids is 1. The molecule has 1 aliphatic carbocycles. The summed E-state index contributed by atoms with van der Waals surface area (Å²) in [4.78, 5) is 37.5. The molecule has 0 bridgehead atoms. The van der Waals surface area contributed by atoms with Crippen LogP contribution in [-0.2, 0) is 20.9 Å².